The number of hydrogen-bond acceptors (Lipinski definition) is 4. The van der Waals surface area contributed by atoms with Gasteiger partial charge in [-0.05, 0) is 17.5 Å². The molecule has 1 aromatic heterocycles. The average Bonchev–Trinajstić information content (AvgIpc) is 2.46. The summed E-state index contributed by atoms with van der Waals surface area (Å²) in [5.41, 5.74) is 2.34. The molecule has 0 aliphatic carbocycles. The van der Waals surface area contributed by atoms with Gasteiger partial charge in [0.05, 0.1) is 12.4 Å². The molecular formula is C14H15N3O2. The van der Waals surface area contributed by atoms with E-state index in [0.29, 0.717) is 12.4 Å². The largest absolute Gasteiger partial charge is 0.476 e. The van der Waals surface area contributed by atoms with Crippen LogP contribution in [0.15, 0.2) is 36.7 Å². The zero-order valence-corrected chi connectivity index (χ0v) is 10.6. The maximum absolute atomic E-state index is 10.8. The Balaban J connectivity index is 2.01. The number of aromatic carboxylic acids is 1. The van der Waals surface area contributed by atoms with Crippen LogP contribution in [-0.4, -0.2) is 21.0 Å². The molecule has 0 radical (unpaired) electrons. The lowest BCUT2D eigenvalue weighted by atomic mass is 10.1. The molecule has 98 valence electrons. The van der Waals surface area contributed by atoms with E-state index in [1.165, 1.54) is 18.0 Å². The predicted octanol–water partition coefficient (Wildman–Crippen LogP) is 2.35. The molecule has 2 aromatic rings. The molecule has 0 fully saturated rings. The van der Waals surface area contributed by atoms with Crippen LogP contribution in [0.5, 0.6) is 0 Å². The highest BCUT2D eigenvalue weighted by atomic mass is 16.4. The van der Waals surface area contributed by atoms with Crippen molar-refractivity contribution in [3.8, 4) is 0 Å². The molecule has 5 heteroatoms. The van der Waals surface area contributed by atoms with Crippen molar-refractivity contribution in [1.29, 1.82) is 0 Å². The molecule has 0 unspecified atom stereocenters. The summed E-state index contributed by atoms with van der Waals surface area (Å²) in [7, 11) is 0. The number of rotatable bonds is 5. The highest BCUT2D eigenvalue weighted by Gasteiger charge is 2.05. The van der Waals surface area contributed by atoms with E-state index in [1.807, 2.05) is 12.1 Å². The van der Waals surface area contributed by atoms with Gasteiger partial charge in [0.2, 0.25) is 0 Å². The van der Waals surface area contributed by atoms with Crippen molar-refractivity contribution in [2.24, 2.45) is 0 Å². The Morgan fingerprint density at radius 1 is 1.21 bits per heavy atom. The predicted molar refractivity (Wildman–Crippen MR) is 72.1 cm³/mol. The lowest BCUT2D eigenvalue weighted by Crippen LogP contribution is -2.06. The summed E-state index contributed by atoms with van der Waals surface area (Å²) in [5.74, 6) is -0.622. The molecule has 0 amide bonds. The average molecular weight is 257 g/mol. The molecule has 19 heavy (non-hydrogen) atoms. The Labute approximate surface area is 111 Å². The van der Waals surface area contributed by atoms with E-state index in [1.54, 1.807) is 0 Å². The van der Waals surface area contributed by atoms with Gasteiger partial charge in [0.1, 0.15) is 5.82 Å². The second-order valence-corrected chi connectivity index (χ2v) is 4.12. The molecule has 1 heterocycles. The van der Waals surface area contributed by atoms with Crippen molar-refractivity contribution in [2.45, 2.75) is 19.9 Å². The smallest absolute Gasteiger partial charge is 0.356 e. The maximum Gasteiger partial charge on any atom is 0.356 e. The van der Waals surface area contributed by atoms with Crippen LogP contribution in [0.1, 0.15) is 28.5 Å². The van der Waals surface area contributed by atoms with Crippen LogP contribution in [0.2, 0.25) is 0 Å². The Morgan fingerprint density at radius 3 is 2.53 bits per heavy atom. The van der Waals surface area contributed by atoms with Crippen LogP contribution in [0.4, 0.5) is 5.82 Å². The first-order chi connectivity index (χ1) is 9.19. The summed E-state index contributed by atoms with van der Waals surface area (Å²) in [4.78, 5) is 18.6. The third-order valence-electron chi connectivity index (χ3n) is 2.76. The minimum atomic E-state index is -1.08. The van der Waals surface area contributed by atoms with Crippen LogP contribution in [0, 0.1) is 0 Å². The molecule has 0 saturated heterocycles. The van der Waals surface area contributed by atoms with Gasteiger partial charge in [-0.2, -0.15) is 0 Å². The topological polar surface area (TPSA) is 75.1 Å². The summed E-state index contributed by atoms with van der Waals surface area (Å²) in [6.45, 7) is 2.70. The molecule has 0 bridgehead atoms. The van der Waals surface area contributed by atoms with Crippen LogP contribution in [0.25, 0.3) is 0 Å². The Bertz CT molecular complexity index is 567. The van der Waals surface area contributed by atoms with E-state index >= 15 is 0 Å². The normalized spacial score (nSPS) is 10.2. The molecule has 5 nitrogen and oxygen atoms in total. The van der Waals surface area contributed by atoms with Crippen LogP contribution in [-0.2, 0) is 13.0 Å². The van der Waals surface area contributed by atoms with Gasteiger partial charge in [0, 0.05) is 6.54 Å². The first kappa shape index (κ1) is 13.0. The van der Waals surface area contributed by atoms with Crippen molar-refractivity contribution in [2.75, 3.05) is 5.32 Å². The van der Waals surface area contributed by atoms with E-state index in [2.05, 4.69) is 34.3 Å². The number of benzene rings is 1. The lowest BCUT2D eigenvalue weighted by molar-refractivity contribution is 0.0690. The van der Waals surface area contributed by atoms with Crippen molar-refractivity contribution in [1.82, 2.24) is 9.97 Å². The third kappa shape index (κ3) is 3.51. The second-order valence-electron chi connectivity index (χ2n) is 4.12. The summed E-state index contributed by atoms with van der Waals surface area (Å²) in [6.07, 6.45) is 3.75. The zero-order chi connectivity index (χ0) is 13.7. The van der Waals surface area contributed by atoms with E-state index in [9.17, 15) is 4.79 Å². The van der Waals surface area contributed by atoms with Gasteiger partial charge in [-0.25, -0.2) is 9.78 Å². The quantitative estimate of drug-likeness (QED) is 0.860. The Hall–Kier alpha value is -2.43. The second kappa shape index (κ2) is 5.95. The van der Waals surface area contributed by atoms with Crippen LogP contribution >= 0.6 is 0 Å². The SMILES string of the molecule is CCc1ccc(CNc2cncc(C(=O)O)n2)cc1. The number of aromatic nitrogens is 2. The molecule has 2 N–H and O–H groups in total. The summed E-state index contributed by atoms with van der Waals surface area (Å²) in [6, 6.07) is 8.24. The van der Waals surface area contributed by atoms with E-state index in [4.69, 9.17) is 5.11 Å². The van der Waals surface area contributed by atoms with Gasteiger partial charge >= 0.3 is 5.97 Å². The molecule has 0 atom stereocenters. The Kier molecular flexibility index (Phi) is 4.07. The standard InChI is InChI=1S/C14H15N3O2/c1-2-10-3-5-11(6-4-10)7-16-13-9-15-8-12(17-13)14(18)19/h3-6,8-9H,2,7H2,1H3,(H,16,17)(H,18,19). The first-order valence-electron chi connectivity index (χ1n) is 6.06. The molecule has 0 saturated carbocycles. The zero-order valence-electron chi connectivity index (χ0n) is 10.6. The maximum atomic E-state index is 10.8. The van der Waals surface area contributed by atoms with Crippen molar-refractivity contribution < 1.29 is 9.90 Å². The number of carboxylic acid groups (broad SMARTS) is 1. The highest BCUT2D eigenvalue weighted by molar-refractivity contribution is 5.85. The first-order valence-corrected chi connectivity index (χ1v) is 6.06. The minimum Gasteiger partial charge on any atom is -0.476 e. The van der Waals surface area contributed by atoms with Gasteiger partial charge in [-0.15, -0.1) is 0 Å². The molecule has 0 aliphatic heterocycles. The van der Waals surface area contributed by atoms with Gasteiger partial charge in [-0.3, -0.25) is 4.98 Å². The van der Waals surface area contributed by atoms with Crippen LogP contribution < -0.4 is 5.32 Å². The fraction of sp³-hybridized carbons (Fsp3) is 0.214. The molecule has 2 rings (SSSR count). The van der Waals surface area contributed by atoms with Crippen molar-refractivity contribution in [3.63, 3.8) is 0 Å². The van der Waals surface area contributed by atoms with Gasteiger partial charge < -0.3 is 10.4 Å². The summed E-state index contributed by atoms with van der Waals surface area (Å²) >= 11 is 0. The van der Waals surface area contributed by atoms with E-state index in [-0.39, 0.29) is 5.69 Å². The van der Waals surface area contributed by atoms with Crippen molar-refractivity contribution in [3.05, 3.63) is 53.5 Å². The number of aryl methyl sites for hydroxylation is 1. The Morgan fingerprint density at radius 2 is 1.89 bits per heavy atom. The summed E-state index contributed by atoms with van der Waals surface area (Å²) in [5, 5.41) is 11.9. The van der Waals surface area contributed by atoms with Gasteiger partial charge in [-0.1, -0.05) is 31.2 Å². The van der Waals surface area contributed by atoms with E-state index < -0.39 is 5.97 Å². The number of nitrogens with zero attached hydrogens (tertiary/aromatic N) is 2. The fourth-order valence-electron chi connectivity index (χ4n) is 1.64. The molecule has 0 aliphatic rings. The third-order valence-corrected chi connectivity index (χ3v) is 2.76. The van der Waals surface area contributed by atoms with Crippen LogP contribution in [0.3, 0.4) is 0 Å². The molecular weight excluding hydrogens is 242 g/mol. The highest BCUT2D eigenvalue weighted by Crippen LogP contribution is 2.08. The number of anilines is 1. The minimum absolute atomic E-state index is 0.0636. The lowest BCUT2D eigenvalue weighted by Gasteiger charge is -2.06. The monoisotopic (exact) mass is 257 g/mol. The molecule has 0 spiro atoms. The fourth-order valence-corrected chi connectivity index (χ4v) is 1.64. The van der Waals surface area contributed by atoms with Gasteiger partial charge in [0.15, 0.2) is 5.69 Å². The number of carbonyl (C=O) groups is 1. The number of nitrogens with one attached hydrogen (secondary N) is 1. The van der Waals surface area contributed by atoms with Gasteiger partial charge in [0.25, 0.3) is 0 Å². The number of carboxylic acids is 1. The number of hydrogen-bond donors (Lipinski definition) is 2. The molecule has 1 aromatic carbocycles. The van der Waals surface area contributed by atoms with E-state index in [0.717, 1.165) is 12.0 Å². The summed E-state index contributed by atoms with van der Waals surface area (Å²) < 4.78 is 0. The van der Waals surface area contributed by atoms with Crippen molar-refractivity contribution >= 4 is 11.8 Å².